The van der Waals surface area contributed by atoms with Crippen LogP contribution in [-0.4, -0.2) is 12.1 Å². The molecule has 1 rings (SSSR count). The van der Waals surface area contributed by atoms with Crippen LogP contribution in [0.5, 0.6) is 5.88 Å². The van der Waals surface area contributed by atoms with Gasteiger partial charge in [-0.05, 0) is 18.6 Å². The molecule has 3 nitrogen and oxygen atoms in total. The van der Waals surface area contributed by atoms with E-state index in [2.05, 4.69) is 11.9 Å². The van der Waals surface area contributed by atoms with Gasteiger partial charge in [0.05, 0.1) is 18.5 Å². The van der Waals surface area contributed by atoms with Gasteiger partial charge in [-0.3, -0.25) is 0 Å². The second kappa shape index (κ2) is 4.50. The molecule has 0 aliphatic carbocycles. The number of ether oxygens (including phenoxy) is 1. The Morgan fingerprint density at radius 1 is 1.54 bits per heavy atom. The monoisotopic (exact) mass is 178 g/mol. The molecule has 3 heteroatoms. The van der Waals surface area contributed by atoms with E-state index in [4.69, 9.17) is 10.5 Å². The molecule has 13 heavy (non-hydrogen) atoms. The second-order valence-electron chi connectivity index (χ2n) is 2.64. The summed E-state index contributed by atoms with van der Waals surface area (Å²) in [5, 5.41) is 0. The van der Waals surface area contributed by atoms with Crippen LogP contribution in [0.3, 0.4) is 0 Å². The Bertz CT molecular complexity index is 308. The Balaban J connectivity index is 2.97. The minimum absolute atomic E-state index is 0.588. The average Bonchev–Trinajstić information content (AvgIpc) is 2.17. The van der Waals surface area contributed by atoms with Crippen LogP contribution in [0.1, 0.15) is 19.0 Å². The number of allylic oxidation sites excluding steroid dienone is 1. The molecule has 0 atom stereocenters. The third kappa shape index (κ3) is 2.47. The molecule has 0 amide bonds. The van der Waals surface area contributed by atoms with Gasteiger partial charge >= 0.3 is 0 Å². The van der Waals surface area contributed by atoms with E-state index in [1.54, 1.807) is 19.2 Å². The maximum atomic E-state index is 5.72. The van der Waals surface area contributed by atoms with Crippen molar-refractivity contribution in [3.8, 4) is 5.88 Å². The number of nitrogens with zero attached hydrogens (tertiary/aromatic N) is 1. The average molecular weight is 178 g/mol. The maximum Gasteiger partial charge on any atom is 0.213 e. The lowest BCUT2D eigenvalue weighted by atomic mass is 10.2. The molecule has 0 radical (unpaired) electrons. The van der Waals surface area contributed by atoms with Gasteiger partial charge in [-0.25, -0.2) is 4.98 Å². The predicted octanol–water partition coefficient (Wildman–Crippen LogP) is 2.10. The standard InChI is InChI=1S/C10H14N2O/c1-3-4-5-9-8(11)6-7-10(12-9)13-2/h4-7H,3,11H2,1-2H3. The van der Waals surface area contributed by atoms with Crippen molar-refractivity contribution in [2.45, 2.75) is 13.3 Å². The molecule has 1 heterocycles. The fourth-order valence-electron chi connectivity index (χ4n) is 0.944. The van der Waals surface area contributed by atoms with Crippen molar-refractivity contribution in [2.75, 3.05) is 12.8 Å². The molecule has 0 spiro atoms. The summed E-state index contributed by atoms with van der Waals surface area (Å²) in [7, 11) is 1.59. The van der Waals surface area contributed by atoms with Crippen LogP contribution in [0.15, 0.2) is 18.2 Å². The van der Waals surface area contributed by atoms with Crippen LogP contribution < -0.4 is 10.5 Å². The summed E-state index contributed by atoms with van der Waals surface area (Å²) in [4.78, 5) is 4.19. The summed E-state index contributed by atoms with van der Waals surface area (Å²) >= 11 is 0. The number of rotatable bonds is 3. The molecule has 0 bridgehead atoms. The molecule has 0 aliphatic heterocycles. The van der Waals surface area contributed by atoms with Gasteiger partial charge in [0.15, 0.2) is 0 Å². The zero-order valence-electron chi connectivity index (χ0n) is 7.95. The molecule has 1 aromatic heterocycles. The quantitative estimate of drug-likeness (QED) is 0.771. The van der Waals surface area contributed by atoms with E-state index in [1.165, 1.54) is 0 Å². The number of hydrogen-bond acceptors (Lipinski definition) is 3. The Morgan fingerprint density at radius 2 is 2.31 bits per heavy atom. The van der Waals surface area contributed by atoms with E-state index in [9.17, 15) is 0 Å². The molecule has 2 N–H and O–H groups in total. The number of methoxy groups -OCH3 is 1. The van der Waals surface area contributed by atoms with Crippen LogP contribution in [0.25, 0.3) is 6.08 Å². The Morgan fingerprint density at radius 3 is 2.92 bits per heavy atom. The minimum atomic E-state index is 0.588. The molecule has 70 valence electrons. The topological polar surface area (TPSA) is 48.1 Å². The Kier molecular flexibility index (Phi) is 3.31. The number of nitrogens with two attached hydrogens (primary N) is 1. The molecule has 0 fully saturated rings. The zero-order chi connectivity index (χ0) is 9.68. The van der Waals surface area contributed by atoms with E-state index in [-0.39, 0.29) is 0 Å². The van der Waals surface area contributed by atoms with Gasteiger partial charge in [0, 0.05) is 6.07 Å². The first-order chi connectivity index (χ1) is 6.27. The van der Waals surface area contributed by atoms with E-state index in [1.807, 2.05) is 12.2 Å². The van der Waals surface area contributed by atoms with Crippen LogP contribution >= 0.6 is 0 Å². The molecule has 0 aliphatic rings. The lowest BCUT2D eigenvalue weighted by molar-refractivity contribution is 0.398. The van der Waals surface area contributed by atoms with Gasteiger partial charge in [0.25, 0.3) is 0 Å². The van der Waals surface area contributed by atoms with Crippen molar-refractivity contribution in [1.29, 1.82) is 0 Å². The number of aromatic nitrogens is 1. The molecular weight excluding hydrogens is 164 g/mol. The Labute approximate surface area is 78.2 Å². The van der Waals surface area contributed by atoms with Crippen molar-refractivity contribution in [3.05, 3.63) is 23.9 Å². The number of anilines is 1. The summed E-state index contributed by atoms with van der Waals surface area (Å²) in [6, 6.07) is 3.54. The summed E-state index contributed by atoms with van der Waals surface area (Å²) in [5.41, 5.74) is 7.15. The third-order valence-electron chi connectivity index (χ3n) is 1.65. The third-order valence-corrected chi connectivity index (χ3v) is 1.65. The van der Waals surface area contributed by atoms with Crippen LogP contribution in [0, 0.1) is 0 Å². The normalized spacial score (nSPS) is 10.6. The lowest BCUT2D eigenvalue weighted by Crippen LogP contribution is -1.95. The Hall–Kier alpha value is -1.51. The minimum Gasteiger partial charge on any atom is -0.481 e. The molecule has 0 saturated carbocycles. The second-order valence-corrected chi connectivity index (χ2v) is 2.64. The highest BCUT2D eigenvalue weighted by molar-refractivity contribution is 5.61. The highest BCUT2D eigenvalue weighted by atomic mass is 16.5. The lowest BCUT2D eigenvalue weighted by Gasteiger charge is -2.02. The largest absolute Gasteiger partial charge is 0.481 e. The summed E-state index contributed by atoms with van der Waals surface area (Å²) < 4.78 is 4.99. The van der Waals surface area contributed by atoms with Crippen LogP contribution in [0.2, 0.25) is 0 Å². The predicted molar refractivity (Wildman–Crippen MR) is 54.5 cm³/mol. The molecular formula is C10H14N2O. The van der Waals surface area contributed by atoms with Gasteiger partial charge in [-0.1, -0.05) is 13.0 Å². The first kappa shape index (κ1) is 9.58. The molecule has 0 saturated heterocycles. The van der Waals surface area contributed by atoms with E-state index < -0.39 is 0 Å². The number of hydrogen-bond donors (Lipinski definition) is 1. The van der Waals surface area contributed by atoms with Gasteiger partial charge < -0.3 is 10.5 Å². The van der Waals surface area contributed by atoms with Crippen molar-refractivity contribution < 1.29 is 4.74 Å². The van der Waals surface area contributed by atoms with Crippen molar-refractivity contribution >= 4 is 11.8 Å². The van der Waals surface area contributed by atoms with Crippen molar-refractivity contribution in [2.24, 2.45) is 0 Å². The zero-order valence-corrected chi connectivity index (χ0v) is 7.95. The smallest absolute Gasteiger partial charge is 0.213 e. The SMILES string of the molecule is CCC=Cc1nc(OC)ccc1N. The molecule has 1 aromatic rings. The molecule has 0 aromatic carbocycles. The highest BCUT2D eigenvalue weighted by Crippen LogP contribution is 2.15. The van der Waals surface area contributed by atoms with Crippen molar-refractivity contribution in [3.63, 3.8) is 0 Å². The van der Waals surface area contributed by atoms with Gasteiger partial charge in [0.2, 0.25) is 5.88 Å². The number of pyridine rings is 1. The van der Waals surface area contributed by atoms with Crippen LogP contribution in [0.4, 0.5) is 5.69 Å². The van der Waals surface area contributed by atoms with Gasteiger partial charge in [0.1, 0.15) is 0 Å². The van der Waals surface area contributed by atoms with Crippen molar-refractivity contribution in [1.82, 2.24) is 4.98 Å². The van der Waals surface area contributed by atoms with Gasteiger partial charge in [-0.15, -0.1) is 0 Å². The maximum absolute atomic E-state index is 5.72. The fraction of sp³-hybridized carbons (Fsp3) is 0.300. The van der Waals surface area contributed by atoms with E-state index in [0.717, 1.165) is 12.1 Å². The molecule has 0 unspecified atom stereocenters. The van der Waals surface area contributed by atoms with E-state index >= 15 is 0 Å². The first-order valence-electron chi connectivity index (χ1n) is 4.25. The summed E-state index contributed by atoms with van der Waals surface area (Å²) in [6.07, 6.45) is 4.88. The van der Waals surface area contributed by atoms with Gasteiger partial charge in [-0.2, -0.15) is 0 Å². The van der Waals surface area contributed by atoms with E-state index in [0.29, 0.717) is 11.6 Å². The highest BCUT2D eigenvalue weighted by Gasteiger charge is 1.98. The summed E-state index contributed by atoms with van der Waals surface area (Å²) in [5.74, 6) is 0.588. The number of nitrogen functional groups attached to an aromatic ring is 1. The first-order valence-corrected chi connectivity index (χ1v) is 4.25. The van der Waals surface area contributed by atoms with Crippen LogP contribution in [-0.2, 0) is 0 Å². The summed E-state index contributed by atoms with van der Waals surface area (Å²) in [6.45, 7) is 2.06. The fourth-order valence-corrected chi connectivity index (χ4v) is 0.944.